The van der Waals surface area contributed by atoms with Crippen LogP contribution in [0.15, 0.2) is 53.4 Å². The average Bonchev–Trinajstić information content (AvgIpc) is 2.92. The monoisotopic (exact) mass is 494 g/mol. The molecule has 0 saturated carbocycles. The van der Waals surface area contributed by atoms with Crippen molar-refractivity contribution in [2.45, 2.75) is 23.0 Å². The van der Waals surface area contributed by atoms with Crippen molar-refractivity contribution < 1.29 is 19.1 Å². The van der Waals surface area contributed by atoms with Crippen LogP contribution < -0.4 is 15.0 Å². The lowest BCUT2D eigenvalue weighted by atomic mass is 9.94. The lowest BCUT2D eigenvalue weighted by Gasteiger charge is -2.39. The Morgan fingerprint density at radius 3 is 2.23 bits per heavy atom. The van der Waals surface area contributed by atoms with Gasteiger partial charge in [0.2, 0.25) is 17.7 Å². The largest absolute Gasteiger partial charge is 0.497 e. The number of methoxy groups -OCH3 is 1. The van der Waals surface area contributed by atoms with Crippen LogP contribution in [-0.2, 0) is 14.4 Å². The molecule has 35 heavy (non-hydrogen) atoms. The van der Waals surface area contributed by atoms with E-state index in [1.54, 1.807) is 12.0 Å². The van der Waals surface area contributed by atoms with Crippen molar-refractivity contribution in [3.63, 3.8) is 0 Å². The lowest BCUT2D eigenvalue weighted by molar-refractivity contribution is -0.141. The molecule has 3 heterocycles. The minimum Gasteiger partial charge on any atom is -0.497 e. The summed E-state index contributed by atoms with van der Waals surface area (Å²) < 4.78 is 5.23. The molecule has 0 aliphatic carbocycles. The molecule has 184 valence electrons. The van der Waals surface area contributed by atoms with Crippen LogP contribution in [0.25, 0.3) is 0 Å². The fourth-order valence-corrected chi connectivity index (χ4v) is 6.04. The second kappa shape index (κ2) is 10.2. The number of rotatable bonds is 4. The average molecular weight is 495 g/mol. The Bertz CT molecular complexity index is 1090. The molecule has 0 aromatic heterocycles. The van der Waals surface area contributed by atoms with Crippen molar-refractivity contribution in [1.29, 1.82) is 0 Å². The molecule has 3 amide bonds. The first kappa shape index (κ1) is 23.5. The molecule has 2 aromatic carbocycles. The van der Waals surface area contributed by atoms with E-state index in [-0.39, 0.29) is 23.6 Å². The number of piperidine rings is 1. The third-order valence-corrected chi connectivity index (χ3v) is 8.30. The van der Waals surface area contributed by atoms with Gasteiger partial charge in [0.15, 0.2) is 5.25 Å². The number of thioether (sulfide) groups is 1. The number of benzene rings is 2. The van der Waals surface area contributed by atoms with Gasteiger partial charge in [-0.25, -0.2) is 0 Å². The second-order valence-electron chi connectivity index (χ2n) is 9.09. The Morgan fingerprint density at radius 1 is 0.886 bits per heavy atom. The molecule has 1 unspecified atom stereocenters. The normalized spacial score (nSPS) is 20.8. The molecular formula is C26H30N4O4S. The summed E-state index contributed by atoms with van der Waals surface area (Å²) >= 11 is 1.31. The van der Waals surface area contributed by atoms with Crippen LogP contribution in [0.1, 0.15) is 12.8 Å². The van der Waals surface area contributed by atoms with Crippen molar-refractivity contribution >= 4 is 40.9 Å². The molecule has 2 aromatic rings. The molecule has 0 radical (unpaired) electrons. The number of hydrogen-bond acceptors (Lipinski definition) is 6. The zero-order valence-electron chi connectivity index (χ0n) is 19.8. The standard InChI is InChI=1S/C26H30N4O4S/c1-34-20-8-6-19(7-9-20)28-14-16-30(17-15-28)25(32)18-10-12-29(13-11-18)26(33)23-24(31)27-21-4-2-3-5-22(21)35-23/h2-9,18,23H,10-17H2,1H3,(H,27,31). The Labute approximate surface area is 209 Å². The van der Waals surface area contributed by atoms with Gasteiger partial charge in [-0.2, -0.15) is 0 Å². The van der Waals surface area contributed by atoms with Crippen LogP contribution in [0, 0.1) is 5.92 Å². The quantitative estimate of drug-likeness (QED) is 0.659. The highest BCUT2D eigenvalue weighted by Gasteiger charge is 2.38. The molecular weight excluding hydrogens is 464 g/mol. The van der Waals surface area contributed by atoms with Crippen molar-refractivity contribution in [2.24, 2.45) is 5.92 Å². The van der Waals surface area contributed by atoms with Crippen molar-refractivity contribution in [1.82, 2.24) is 9.80 Å². The number of amides is 3. The summed E-state index contributed by atoms with van der Waals surface area (Å²) in [5.74, 6) is 0.512. The predicted molar refractivity (Wildman–Crippen MR) is 136 cm³/mol. The van der Waals surface area contributed by atoms with Crippen molar-refractivity contribution in [3.8, 4) is 5.75 Å². The van der Waals surface area contributed by atoms with E-state index in [1.165, 1.54) is 11.8 Å². The first-order chi connectivity index (χ1) is 17.0. The van der Waals surface area contributed by atoms with Gasteiger partial charge in [-0.1, -0.05) is 12.1 Å². The van der Waals surface area contributed by atoms with Crippen LogP contribution in [0.5, 0.6) is 5.75 Å². The SMILES string of the molecule is COc1ccc(N2CCN(C(=O)C3CCN(C(=O)C4Sc5ccccc5NC4=O)CC3)CC2)cc1. The summed E-state index contributed by atoms with van der Waals surface area (Å²) in [6.07, 6.45) is 1.28. The fourth-order valence-electron chi connectivity index (χ4n) is 4.96. The van der Waals surface area contributed by atoms with Gasteiger partial charge >= 0.3 is 0 Å². The Kier molecular flexibility index (Phi) is 6.86. The first-order valence-corrected chi connectivity index (χ1v) is 12.9. The van der Waals surface area contributed by atoms with Gasteiger partial charge in [0.25, 0.3) is 0 Å². The molecule has 3 aliphatic heterocycles. The highest BCUT2D eigenvalue weighted by molar-refractivity contribution is 8.01. The van der Waals surface area contributed by atoms with Gasteiger partial charge < -0.3 is 24.8 Å². The number of carbonyl (C=O) groups is 3. The van der Waals surface area contributed by atoms with Crippen molar-refractivity contribution in [3.05, 3.63) is 48.5 Å². The minimum absolute atomic E-state index is 0.0693. The first-order valence-electron chi connectivity index (χ1n) is 12.1. The maximum absolute atomic E-state index is 13.2. The van der Waals surface area contributed by atoms with Crippen LogP contribution in [0.3, 0.4) is 0 Å². The maximum Gasteiger partial charge on any atom is 0.247 e. The molecule has 5 rings (SSSR count). The van der Waals surface area contributed by atoms with E-state index in [1.807, 2.05) is 53.4 Å². The molecule has 0 bridgehead atoms. The fraction of sp³-hybridized carbons (Fsp3) is 0.423. The summed E-state index contributed by atoms with van der Waals surface area (Å²) in [6.45, 7) is 4.00. The number of anilines is 2. The number of likely N-dealkylation sites (tertiary alicyclic amines) is 1. The highest BCUT2D eigenvalue weighted by Crippen LogP contribution is 2.36. The summed E-state index contributed by atoms with van der Waals surface area (Å²) in [5.41, 5.74) is 1.89. The van der Waals surface area contributed by atoms with Gasteiger partial charge in [0, 0.05) is 55.8 Å². The van der Waals surface area contributed by atoms with E-state index in [0.717, 1.165) is 35.1 Å². The second-order valence-corrected chi connectivity index (χ2v) is 10.2. The van der Waals surface area contributed by atoms with E-state index in [9.17, 15) is 14.4 Å². The molecule has 2 saturated heterocycles. The molecule has 3 aliphatic rings. The number of hydrogen-bond donors (Lipinski definition) is 1. The molecule has 9 heteroatoms. The summed E-state index contributed by atoms with van der Waals surface area (Å²) in [5, 5.41) is 2.07. The van der Waals surface area contributed by atoms with Gasteiger partial charge in [0.05, 0.1) is 12.8 Å². The maximum atomic E-state index is 13.2. The molecule has 8 nitrogen and oxygen atoms in total. The lowest BCUT2D eigenvalue weighted by Crippen LogP contribution is -2.53. The number of fused-ring (bicyclic) bond motifs is 1. The highest BCUT2D eigenvalue weighted by atomic mass is 32.2. The van der Waals surface area contributed by atoms with Gasteiger partial charge in [0.1, 0.15) is 5.75 Å². The van der Waals surface area contributed by atoms with E-state index >= 15 is 0 Å². The third-order valence-electron chi connectivity index (χ3n) is 7.04. The summed E-state index contributed by atoms with van der Waals surface area (Å²) in [7, 11) is 1.66. The summed E-state index contributed by atoms with van der Waals surface area (Å²) in [4.78, 5) is 45.7. The minimum atomic E-state index is -0.775. The van der Waals surface area contributed by atoms with E-state index in [0.29, 0.717) is 39.0 Å². The van der Waals surface area contributed by atoms with Gasteiger partial charge in [-0.05, 0) is 49.2 Å². The number of nitrogens with one attached hydrogen (secondary N) is 1. The van der Waals surface area contributed by atoms with Crippen LogP contribution in [0.2, 0.25) is 0 Å². The zero-order valence-corrected chi connectivity index (χ0v) is 20.6. The van der Waals surface area contributed by atoms with Crippen LogP contribution >= 0.6 is 11.8 Å². The smallest absolute Gasteiger partial charge is 0.247 e. The van der Waals surface area contributed by atoms with Crippen LogP contribution in [-0.4, -0.2) is 79.1 Å². The number of carbonyl (C=O) groups excluding carboxylic acids is 3. The Balaban J connectivity index is 1.11. The van der Waals surface area contributed by atoms with Crippen LogP contribution in [0.4, 0.5) is 11.4 Å². The Morgan fingerprint density at radius 2 is 1.54 bits per heavy atom. The topological polar surface area (TPSA) is 82.2 Å². The number of nitrogens with zero attached hydrogens (tertiary/aromatic N) is 3. The van der Waals surface area contributed by atoms with Gasteiger partial charge in [-0.3, -0.25) is 14.4 Å². The number of para-hydroxylation sites is 1. The predicted octanol–water partition coefficient (Wildman–Crippen LogP) is 2.70. The van der Waals surface area contributed by atoms with Crippen molar-refractivity contribution in [2.75, 3.05) is 56.6 Å². The third kappa shape index (κ3) is 4.96. The van der Waals surface area contributed by atoms with E-state index in [4.69, 9.17) is 4.74 Å². The molecule has 1 atom stereocenters. The number of piperazine rings is 1. The molecule has 0 spiro atoms. The molecule has 2 fully saturated rings. The van der Waals surface area contributed by atoms with Gasteiger partial charge in [-0.15, -0.1) is 11.8 Å². The van der Waals surface area contributed by atoms with E-state index in [2.05, 4.69) is 10.2 Å². The Hall–Kier alpha value is -3.20. The molecule has 1 N–H and O–H groups in total. The van der Waals surface area contributed by atoms with E-state index < -0.39 is 5.25 Å². The zero-order chi connectivity index (χ0) is 24.4. The number of ether oxygens (including phenoxy) is 1. The summed E-state index contributed by atoms with van der Waals surface area (Å²) in [6, 6.07) is 15.5.